The fourth-order valence-corrected chi connectivity index (χ4v) is 5.74. The minimum atomic E-state index is -1.38. The van der Waals surface area contributed by atoms with Crippen molar-refractivity contribution in [3.63, 3.8) is 0 Å². The van der Waals surface area contributed by atoms with Crippen LogP contribution >= 0.6 is 0 Å². The molecule has 0 saturated heterocycles. The summed E-state index contributed by atoms with van der Waals surface area (Å²) in [6, 6.07) is 16.3. The van der Waals surface area contributed by atoms with Crippen molar-refractivity contribution >= 4 is 34.8 Å². The van der Waals surface area contributed by atoms with Crippen molar-refractivity contribution in [1.29, 1.82) is 0 Å². The predicted octanol–water partition coefficient (Wildman–Crippen LogP) is 4.86. The fourth-order valence-electron chi connectivity index (χ4n) is 5.74. The molecule has 2 aromatic carbocycles. The van der Waals surface area contributed by atoms with Crippen molar-refractivity contribution in [3.8, 4) is 0 Å². The molecule has 1 fully saturated rings. The zero-order valence-electron chi connectivity index (χ0n) is 24.9. The Hall–Kier alpha value is -4.34. The maximum absolute atomic E-state index is 13.9. The molecular formula is C33H42N4O6. The number of fused-ring (bicyclic) bond motifs is 1. The molecule has 0 spiro atoms. The number of carbonyl (C=O) groups excluding carboxylic acids is 3. The largest absolute Gasteiger partial charge is 0.481 e. The van der Waals surface area contributed by atoms with Gasteiger partial charge in [-0.1, -0.05) is 74.7 Å². The van der Waals surface area contributed by atoms with Gasteiger partial charge in [-0.05, 0) is 42.4 Å². The summed E-state index contributed by atoms with van der Waals surface area (Å²) in [6.45, 7) is 4.18. The van der Waals surface area contributed by atoms with E-state index in [2.05, 4.69) is 27.9 Å². The average Bonchev–Trinajstić information content (AvgIpc) is 3.40. The normalized spacial score (nSPS) is 18.7. The van der Waals surface area contributed by atoms with Crippen LogP contribution < -0.4 is 16.0 Å². The summed E-state index contributed by atoms with van der Waals surface area (Å²) >= 11 is 0. The second-order valence-corrected chi connectivity index (χ2v) is 11.7. The summed E-state index contributed by atoms with van der Waals surface area (Å²) in [5.41, 5.74) is 1.14. The van der Waals surface area contributed by atoms with Crippen LogP contribution in [0.5, 0.6) is 0 Å². The highest BCUT2D eigenvalue weighted by Gasteiger charge is 2.37. The van der Waals surface area contributed by atoms with Gasteiger partial charge in [0.2, 0.25) is 11.8 Å². The van der Waals surface area contributed by atoms with Gasteiger partial charge in [0.15, 0.2) is 0 Å². The molecule has 3 aromatic rings. The van der Waals surface area contributed by atoms with Crippen molar-refractivity contribution in [3.05, 3.63) is 71.9 Å². The van der Waals surface area contributed by atoms with Crippen LogP contribution in [0.3, 0.4) is 0 Å². The van der Waals surface area contributed by atoms with Gasteiger partial charge >= 0.3 is 12.1 Å². The van der Waals surface area contributed by atoms with Crippen LogP contribution in [-0.2, 0) is 25.5 Å². The molecule has 0 bridgehead atoms. The predicted molar refractivity (Wildman–Crippen MR) is 163 cm³/mol. The van der Waals surface area contributed by atoms with Crippen molar-refractivity contribution in [2.24, 2.45) is 11.8 Å². The standard InChI is InChI=1S/C33H42N4O6/c1-22-10-6-7-13-24(22)21-43-32(42)37-33(2,18-25-19-34-27-15-9-8-14-26(25)27)31(41)35-20-28(23-11-4-3-5-12-23)36-29(38)16-17-30(39)40/h3-5,8-9,11-12,14-15,19,22,24,28,34H,6-7,10,13,16-18,20-21H2,1-2H3,(H,35,41)(H,36,38)(H,37,42)(H,39,40)/t22-,24-,28+,33+/m0/s1. The monoisotopic (exact) mass is 590 g/mol. The van der Waals surface area contributed by atoms with Crippen molar-refractivity contribution in [1.82, 2.24) is 20.9 Å². The number of benzene rings is 2. The Morgan fingerprint density at radius 2 is 1.74 bits per heavy atom. The molecule has 4 rings (SSSR count). The highest BCUT2D eigenvalue weighted by Crippen LogP contribution is 2.30. The maximum atomic E-state index is 13.9. The first-order valence-corrected chi connectivity index (χ1v) is 15.0. The van der Waals surface area contributed by atoms with Crippen molar-refractivity contribution in [2.75, 3.05) is 13.2 Å². The highest BCUT2D eigenvalue weighted by molar-refractivity contribution is 5.91. The molecule has 0 aliphatic heterocycles. The number of rotatable bonds is 13. The molecule has 1 saturated carbocycles. The van der Waals surface area contributed by atoms with E-state index in [1.165, 1.54) is 6.42 Å². The number of alkyl carbamates (subject to hydrolysis) is 1. The number of aromatic amines is 1. The number of carboxylic acids is 1. The number of carboxylic acid groups (broad SMARTS) is 1. The summed E-state index contributed by atoms with van der Waals surface area (Å²) in [5, 5.41) is 18.5. The second kappa shape index (κ2) is 14.7. The van der Waals surface area contributed by atoms with E-state index in [1.807, 2.05) is 60.8 Å². The molecule has 4 atom stereocenters. The third kappa shape index (κ3) is 8.83. The van der Waals surface area contributed by atoms with Crippen LogP contribution in [0, 0.1) is 11.8 Å². The number of aromatic nitrogens is 1. The van der Waals surface area contributed by atoms with E-state index in [0.29, 0.717) is 18.4 Å². The Morgan fingerprint density at radius 1 is 1.02 bits per heavy atom. The third-order valence-corrected chi connectivity index (χ3v) is 8.39. The molecule has 230 valence electrons. The van der Waals surface area contributed by atoms with Crippen LogP contribution in [0.4, 0.5) is 4.79 Å². The summed E-state index contributed by atoms with van der Waals surface area (Å²) < 4.78 is 5.66. The van der Waals surface area contributed by atoms with E-state index < -0.39 is 35.5 Å². The van der Waals surface area contributed by atoms with E-state index in [-0.39, 0.29) is 25.8 Å². The van der Waals surface area contributed by atoms with E-state index in [0.717, 1.165) is 41.3 Å². The van der Waals surface area contributed by atoms with Gasteiger partial charge in [0.1, 0.15) is 5.54 Å². The van der Waals surface area contributed by atoms with Gasteiger partial charge in [-0.15, -0.1) is 0 Å². The van der Waals surface area contributed by atoms with E-state index in [4.69, 9.17) is 9.84 Å². The van der Waals surface area contributed by atoms with Crippen LogP contribution in [-0.4, -0.2) is 52.7 Å². The topological polar surface area (TPSA) is 150 Å². The van der Waals surface area contributed by atoms with Gasteiger partial charge in [-0.25, -0.2) is 4.79 Å². The van der Waals surface area contributed by atoms with Gasteiger partial charge in [-0.3, -0.25) is 14.4 Å². The molecule has 43 heavy (non-hydrogen) atoms. The second-order valence-electron chi connectivity index (χ2n) is 11.7. The van der Waals surface area contributed by atoms with Crippen molar-refractivity contribution in [2.45, 2.75) is 70.4 Å². The van der Waals surface area contributed by atoms with Crippen LogP contribution in [0.1, 0.15) is 69.5 Å². The third-order valence-electron chi connectivity index (χ3n) is 8.39. The van der Waals surface area contributed by atoms with Gasteiger partial charge < -0.3 is 30.8 Å². The van der Waals surface area contributed by atoms with E-state index in [1.54, 1.807) is 6.92 Å². The molecule has 10 heteroatoms. The summed E-state index contributed by atoms with van der Waals surface area (Å²) in [7, 11) is 0. The summed E-state index contributed by atoms with van der Waals surface area (Å²) in [5.74, 6) is -1.18. The van der Waals surface area contributed by atoms with Gasteiger partial charge in [0.05, 0.1) is 19.1 Å². The first-order chi connectivity index (χ1) is 20.6. The Bertz CT molecular complexity index is 1410. The number of nitrogens with one attached hydrogen (secondary N) is 4. The number of amides is 3. The zero-order valence-corrected chi connectivity index (χ0v) is 24.9. The van der Waals surface area contributed by atoms with Gasteiger partial charge in [0, 0.05) is 36.5 Å². The van der Waals surface area contributed by atoms with E-state index >= 15 is 0 Å². The molecular weight excluding hydrogens is 548 g/mol. The minimum Gasteiger partial charge on any atom is -0.481 e. The fraction of sp³-hybridized carbons (Fsp3) is 0.455. The Morgan fingerprint density at radius 3 is 2.49 bits per heavy atom. The van der Waals surface area contributed by atoms with Gasteiger partial charge in [-0.2, -0.15) is 0 Å². The molecule has 1 aliphatic carbocycles. The lowest BCUT2D eigenvalue weighted by Gasteiger charge is -2.32. The maximum Gasteiger partial charge on any atom is 0.408 e. The first-order valence-electron chi connectivity index (χ1n) is 15.0. The lowest BCUT2D eigenvalue weighted by Crippen LogP contribution is -2.59. The molecule has 0 radical (unpaired) electrons. The highest BCUT2D eigenvalue weighted by atomic mass is 16.5. The smallest absolute Gasteiger partial charge is 0.408 e. The Labute approximate surface area is 252 Å². The molecule has 1 aliphatic rings. The number of hydrogen-bond donors (Lipinski definition) is 5. The lowest BCUT2D eigenvalue weighted by atomic mass is 9.81. The number of hydrogen-bond acceptors (Lipinski definition) is 5. The van der Waals surface area contributed by atoms with Gasteiger partial charge in [0.25, 0.3) is 0 Å². The number of para-hydroxylation sites is 1. The first kappa shape index (κ1) is 31.6. The van der Waals surface area contributed by atoms with Crippen LogP contribution in [0.15, 0.2) is 60.8 Å². The molecule has 1 aromatic heterocycles. The van der Waals surface area contributed by atoms with E-state index in [9.17, 15) is 19.2 Å². The summed E-state index contributed by atoms with van der Waals surface area (Å²) in [4.78, 5) is 53.7. The number of aliphatic carboxylic acids is 1. The quantitative estimate of drug-likeness (QED) is 0.192. The Kier molecular flexibility index (Phi) is 10.8. The molecule has 3 amide bonds. The van der Waals surface area contributed by atoms with Crippen molar-refractivity contribution < 1.29 is 29.0 Å². The lowest BCUT2D eigenvalue weighted by molar-refractivity contribution is -0.138. The molecule has 1 heterocycles. The number of H-pyrrole nitrogens is 1. The minimum absolute atomic E-state index is 0.0292. The molecule has 5 N–H and O–H groups in total. The molecule has 10 nitrogen and oxygen atoms in total. The SMILES string of the molecule is C[C@H]1CCCC[C@H]1COC(=O)N[C@](C)(Cc1c[nH]c2ccccc12)C(=O)NC[C@@H](NC(=O)CCC(=O)O)c1ccccc1. The number of ether oxygens (including phenoxy) is 1. The average molecular weight is 591 g/mol. The number of carbonyl (C=O) groups is 4. The Balaban J connectivity index is 1.50. The summed E-state index contributed by atoms with van der Waals surface area (Å²) in [6.07, 6.45) is 5.34. The van der Waals surface area contributed by atoms with Crippen LogP contribution in [0.25, 0.3) is 10.9 Å². The molecule has 0 unspecified atom stereocenters. The zero-order chi connectivity index (χ0) is 30.8. The van der Waals surface area contributed by atoms with Crippen LogP contribution in [0.2, 0.25) is 0 Å².